The Labute approximate surface area is 206 Å². The van der Waals surface area contributed by atoms with Crippen molar-refractivity contribution in [3.63, 3.8) is 0 Å². The highest BCUT2D eigenvalue weighted by Gasteiger charge is 2.22. The molecule has 0 fully saturated rings. The lowest BCUT2D eigenvalue weighted by Crippen LogP contribution is -2.40. The molecule has 8 nitrogen and oxygen atoms in total. The summed E-state index contributed by atoms with van der Waals surface area (Å²) in [6, 6.07) is 19.0. The number of nitrogens with zero attached hydrogens (tertiary/aromatic N) is 1. The van der Waals surface area contributed by atoms with Crippen LogP contribution in [0.4, 0.5) is 11.4 Å². The highest BCUT2D eigenvalue weighted by atomic mass is 32.2. The molecule has 0 heterocycles. The molecule has 0 spiro atoms. The Kier molecular flexibility index (Phi) is 7.50. The third-order valence-electron chi connectivity index (χ3n) is 5.12. The predicted molar refractivity (Wildman–Crippen MR) is 137 cm³/mol. The number of ether oxygens (including phenoxy) is 1. The Hall–Kier alpha value is -3.85. The molecule has 3 aromatic rings. The number of benzene rings is 3. The number of carbonyl (C=O) groups is 2. The molecule has 35 heavy (non-hydrogen) atoms. The van der Waals surface area contributed by atoms with Crippen molar-refractivity contribution in [1.82, 2.24) is 5.32 Å². The summed E-state index contributed by atoms with van der Waals surface area (Å²) in [6.07, 6.45) is 0. The van der Waals surface area contributed by atoms with E-state index >= 15 is 0 Å². The van der Waals surface area contributed by atoms with Crippen molar-refractivity contribution >= 4 is 33.2 Å². The summed E-state index contributed by atoms with van der Waals surface area (Å²) in [5, 5.41) is 5.65. The summed E-state index contributed by atoms with van der Waals surface area (Å²) in [5.41, 5.74) is 1.000. The number of amides is 2. The van der Waals surface area contributed by atoms with E-state index in [-0.39, 0.29) is 10.8 Å². The van der Waals surface area contributed by atoms with Crippen molar-refractivity contribution in [2.24, 2.45) is 0 Å². The van der Waals surface area contributed by atoms with Gasteiger partial charge in [0, 0.05) is 18.2 Å². The number of nitrogens with one attached hydrogen (secondary N) is 2. The molecule has 0 saturated heterocycles. The lowest BCUT2D eigenvalue weighted by Gasteiger charge is -2.21. The molecular weight excluding hydrogens is 466 g/mol. The van der Waals surface area contributed by atoms with E-state index in [0.717, 1.165) is 4.31 Å². The van der Waals surface area contributed by atoms with Crippen molar-refractivity contribution in [3.05, 3.63) is 83.9 Å². The molecule has 3 rings (SSSR count). The molecule has 0 radical (unpaired) electrons. The van der Waals surface area contributed by atoms with Crippen LogP contribution in [0.15, 0.2) is 77.7 Å². The average molecular weight is 496 g/mol. The first-order valence-electron chi connectivity index (χ1n) is 10.9. The van der Waals surface area contributed by atoms with Gasteiger partial charge < -0.3 is 15.4 Å². The van der Waals surface area contributed by atoms with E-state index in [1.54, 1.807) is 48.5 Å². The largest absolute Gasteiger partial charge is 0.497 e. The van der Waals surface area contributed by atoms with E-state index in [1.807, 2.05) is 20.8 Å². The van der Waals surface area contributed by atoms with Crippen LogP contribution in [-0.2, 0) is 10.0 Å². The highest BCUT2D eigenvalue weighted by molar-refractivity contribution is 7.92. The number of sulfonamides is 1. The van der Waals surface area contributed by atoms with Gasteiger partial charge in [0.15, 0.2) is 0 Å². The van der Waals surface area contributed by atoms with Crippen molar-refractivity contribution in [2.75, 3.05) is 23.8 Å². The van der Waals surface area contributed by atoms with Crippen molar-refractivity contribution in [1.29, 1.82) is 0 Å². The van der Waals surface area contributed by atoms with Gasteiger partial charge in [-0.3, -0.25) is 13.9 Å². The quantitative estimate of drug-likeness (QED) is 0.509. The van der Waals surface area contributed by atoms with Gasteiger partial charge >= 0.3 is 0 Å². The minimum atomic E-state index is -3.80. The second-order valence-corrected chi connectivity index (χ2v) is 10.9. The van der Waals surface area contributed by atoms with Crippen LogP contribution in [0.3, 0.4) is 0 Å². The van der Waals surface area contributed by atoms with Gasteiger partial charge in [0.2, 0.25) is 0 Å². The van der Waals surface area contributed by atoms with E-state index in [1.165, 1.54) is 38.4 Å². The lowest BCUT2D eigenvalue weighted by atomic mass is 10.1. The summed E-state index contributed by atoms with van der Waals surface area (Å²) in [6.45, 7) is 5.62. The maximum atomic E-state index is 13.0. The smallest absolute Gasteiger partial charge is 0.264 e. The minimum absolute atomic E-state index is 0.118. The molecule has 0 aliphatic rings. The summed E-state index contributed by atoms with van der Waals surface area (Å²) in [4.78, 5) is 25.6. The Morgan fingerprint density at radius 2 is 1.46 bits per heavy atom. The second-order valence-electron chi connectivity index (χ2n) is 8.90. The molecule has 0 atom stereocenters. The summed E-state index contributed by atoms with van der Waals surface area (Å²) in [7, 11) is -0.846. The van der Waals surface area contributed by atoms with Crippen LogP contribution in [0, 0.1) is 0 Å². The van der Waals surface area contributed by atoms with Gasteiger partial charge in [0.05, 0.1) is 28.9 Å². The predicted octanol–water partition coefficient (Wildman–Crippen LogP) is 4.30. The highest BCUT2D eigenvalue weighted by Crippen LogP contribution is 2.24. The number of para-hydroxylation sites is 1. The van der Waals surface area contributed by atoms with Crippen molar-refractivity contribution in [2.45, 2.75) is 31.2 Å². The fourth-order valence-electron chi connectivity index (χ4n) is 3.26. The molecule has 0 bridgehead atoms. The first-order chi connectivity index (χ1) is 16.4. The molecule has 2 N–H and O–H groups in total. The van der Waals surface area contributed by atoms with E-state index < -0.39 is 21.5 Å². The molecule has 0 aliphatic carbocycles. The Morgan fingerprint density at radius 1 is 0.857 bits per heavy atom. The molecule has 9 heteroatoms. The van der Waals surface area contributed by atoms with Gasteiger partial charge in [0.25, 0.3) is 21.8 Å². The van der Waals surface area contributed by atoms with Gasteiger partial charge in [-0.15, -0.1) is 0 Å². The molecule has 2 amide bonds. The van der Waals surface area contributed by atoms with Gasteiger partial charge in [-0.2, -0.15) is 0 Å². The van der Waals surface area contributed by atoms with E-state index in [0.29, 0.717) is 28.3 Å². The topological polar surface area (TPSA) is 105 Å². The first kappa shape index (κ1) is 25.8. The summed E-state index contributed by atoms with van der Waals surface area (Å²) in [5.74, 6) is -0.165. The number of anilines is 2. The molecule has 3 aromatic carbocycles. The maximum Gasteiger partial charge on any atom is 0.264 e. The number of hydrogen-bond acceptors (Lipinski definition) is 5. The average Bonchev–Trinajstić information content (AvgIpc) is 2.83. The fourth-order valence-corrected chi connectivity index (χ4v) is 4.46. The number of carbonyl (C=O) groups excluding carboxylic acids is 2. The van der Waals surface area contributed by atoms with Crippen LogP contribution < -0.4 is 19.7 Å². The van der Waals surface area contributed by atoms with Crippen LogP contribution in [-0.4, -0.2) is 39.9 Å². The van der Waals surface area contributed by atoms with Crippen LogP contribution in [0.25, 0.3) is 0 Å². The lowest BCUT2D eigenvalue weighted by molar-refractivity contribution is 0.0920. The molecular formula is C26H29N3O5S. The standard InChI is InChI=1S/C26H29N3O5S/c1-26(2,3)28-25(31)22-8-6-7-9-23(22)27-24(30)18-10-12-19(13-11-18)29(4)35(32,33)21-16-14-20(34-5)15-17-21/h6-17H,1-5H3,(H,27,30)(H,28,31). The third-order valence-corrected chi connectivity index (χ3v) is 6.92. The van der Waals surface area contributed by atoms with E-state index in [9.17, 15) is 18.0 Å². The van der Waals surface area contributed by atoms with E-state index in [4.69, 9.17) is 4.74 Å². The van der Waals surface area contributed by atoms with Crippen LogP contribution >= 0.6 is 0 Å². The Balaban J connectivity index is 1.77. The first-order valence-corrected chi connectivity index (χ1v) is 12.3. The van der Waals surface area contributed by atoms with Crippen molar-refractivity contribution in [3.8, 4) is 5.75 Å². The molecule has 184 valence electrons. The Bertz CT molecular complexity index is 1310. The molecule has 0 aliphatic heterocycles. The monoisotopic (exact) mass is 495 g/mol. The zero-order chi connectivity index (χ0) is 25.8. The Morgan fingerprint density at radius 3 is 2.03 bits per heavy atom. The molecule has 0 aromatic heterocycles. The van der Waals surface area contributed by atoms with Gasteiger partial charge in [0.1, 0.15) is 5.75 Å². The third kappa shape index (κ3) is 6.19. The summed E-state index contributed by atoms with van der Waals surface area (Å²) < 4.78 is 32.1. The normalized spacial score (nSPS) is 11.5. The van der Waals surface area contributed by atoms with Crippen molar-refractivity contribution < 1.29 is 22.7 Å². The van der Waals surface area contributed by atoms with Crippen LogP contribution in [0.1, 0.15) is 41.5 Å². The second kappa shape index (κ2) is 10.2. The fraction of sp³-hybridized carbons (Fsp3) is 0.231. The number of rotatable bonds is 7. The van der Waals surface area contributed by atoms with E-state index in [2.05, 4.69) is 10.6 Å². The SMILES string of the molecule is COc1ccc(S(=O)(=O)N(C)c2ccc(C(=O)Nc3ccccc3C(=O)NC(C)(C)C)cc2)cc1. The molecule has 0 unspecified atom stereocenters. The van der Waals surface area contributed by atoms with Crippen LogP contribution in [0.5, 0.6) is 5.75 Å². The van der Waals surface area contributed by atoms with Gasteiger partial charge in [-0.1, -0.05) is 12.1 Å². The minimum Gasteiger partial charge on any atom is -0.497 e. The zero-order valence-electron chi connectivity index (χ0n) is 20.3. The van der Waals surface area contributed by atoms with Gasteiger partial charge in [-0.05, 0) is 81.4 Å². The number of hydrogen-bond donors (Lipinski definition) is 2. The molecule has 0 saturated carbocycles. The van der Waals surface area contributed by atoms with Gasteiger partial charge in [-0.25, -0.2) is 8.42 Å². The summed E-state index contributed by atoms with van der Waals surface area (Å²) >= 11 is 0. The van der Waals surface area contributed by atoms with Crippen LogP contribution in [0.2, 0.25) is 0 Å². The number of methoxy groups -OCH3 is 1. The maximum absolute atomic E-state index is 13.0. The zero-order valence-corrected chi connectivity index (χ0v) is 21.1.